The molecule has 1 N–H and O–H groups in total. The van der Waals surface area contributed by atoms with Crippen molar-refractivity contribution in [3.63, 3.8) is 0 Å². The summed E-state index contributed by atoms with van der Waals surface area (Å²) in [6.07, 6.45) is -2.24. The Morgan fingerprint density at radius 2 is 1.78 bits per heavy atom. The number of nitro groups is 1. The monoisotopic (exact) mass is 453 g/mol. The maximum Gasteiger partial charge on any atom is 0.423 e. The van der Waals surface area contributed by atoms with E-state index in [1.807, 2.05) is 12.1 Å². The molecular weight excluding hydrogens is 427 g/mol. The van der Waals surface area contributed by atoms with Crippen molar-refractivity contribution in [2.75, 3.05) is 39.2 Å². The Morgan fingerprint density at radius 3 is 2.41 bits per heavy atom. The summed E-state index contributed by atoms with van der Waals surface area (Å²) in [5.41, 5.74) is 0.488. The minimum Gasteiger partial charge on any atom is -0.493 e. The van der Waals surface area contributed by atoms with Gasteiger partial charge < -0.3 is 14.8 Å². The molecule has 1 heterocycles. The van der Waals surface area contributed by atoms with Crippen LogP contribution in [0.1, 0.15) is 29.5 Å². The lowest BCUT2D eigenvalue weighted by Crippen LogP contribution is -2.31. The average Bonchev–Trinajstić information content (AvgIpc) is 2.76. The zero-order chi connectivity index (χ0) is 23.3. The molecule has 0 atom stereocenters. The van der Waals surface area contributed by atoms with Gasteiger partial charge in [-0.3, -0.25) is 15.0 Å². The maximum absolute atomic E-state index is 13.1. The van der Waals surface area contributed by atoms with Crippen molar-refractivity contribution in [3.8, 4) is 11.5 Å². The van der Waals surface area contributed by atoms with E-state index in [1.54, 1.807) is 14.2 Å². The molecule has 0 aromatic heterocycles. The summed E-state index contributed by atoms with van der Waals surface area (Å²) in [5.74, 6) is 1.43. The van der Waals surface area contributed by atoms with Gasteiger partial charge in [-0.25, -0.2) is 0 Å². The third-order valence-corrected chi connectivity index (χ3v) is 5.53. The van der Waals surface area contributed by atoms with Crippen molar-refractivity contribution >= 4 is 11.4 Å². The molecule has 0 saturated heterocycles. The van der Waals surface area contributed by atoms with E-state index >= 15 is 0 Å². The molecule has 7 nitrogen and oxygen atoms in total. The first kappa shape index (κ1) is 23.6. The van der Waals surface area contributed by atoms with Gasteiger partial charge in [0, 0.05) is 31.4 Å². The highest BCUT2D eigenvalue weighted by Gasteiger charge is 2.38. The summed E-state index contributed by atoms with van der Waals surface area (Å²) < 4.78 is 50.0. The second-order valence-corrected chi connectivity index (χ2v) is 7.62. The lowest BCUT2D eigenvalue weighted by molar-refractivity contribution is -0.388. The SMILES string of the molecule is COc1cc2c(cc1OC)CN(CCCCNc1ccc([N+](=O)[O-])c(C(F)(F)F)c1)CC2. The lowest BCUT2D eigenvalue weighted by atomic mass is 9.98. The van der Waals surface area contributed by atoms with Crippen LogP contribution in [0.4, 0.5) is 24.5 Å². The minimum absolute atomic E-state index is 0.218. The zero-order valence-electron chi connectivity index (χ0n) is 18.0. The number of ether oxygens (including phenoxy) is 2. The van der Waals surface area contributed by atoms with Gasteiger partial charge >= 0.3 is 6.18 Å². The molecule has 0 radical (unpaired) electrons. The van der Waals surface area contributed by atoms with E-state index in [0.717, 1.165) is 56.8 Å². The normalized spacial score (nSPS) is 14.0. The maximum atomic E-state index is 13.1. The molecule has 1 aliphatic heterocycles. The number of hydrogen-bond donors (Lipinski definition) is 1. The Hall–Kier alpha value is -3.01. The van der Waals surface area contributed by atoms with E-state index in [0.29, 0.717) is 12.3 Å². The smallest absolute Gasteiger partial charge is 0.423 e. The van der Waals surface area contributed by atoms with E-state index < -0.39 is 22.4 Å². The number of rotatable bonds is 9. The van der Waals surface area contributed by atoms with Crippen molar-refractivity contribution in [3.05, 3.63) is 57.1 Å². The van der Waals surface area contributed by atoms with Gasteiger partial charge in [-0.1, -0.05) is 0 Å². The van der Waals surface area contributed by atoms with Gasteiger partial charge in [-0.05, 0) is 61.2 Å². The first-order valence-electron chi connectivity index (χ1n) is 10.3. The molecule has 3 rings (SSSR count). The Kier molecular flexibility index (Phi) is 7.44. The van der Waals surface area contributed by atoms with E-state index in [1.165, 1.54) is 17.2 Å². The molecule has 0 spiro atoms. The minimum atomic E-state index is -4.78. The fourth-order valence-corrected chi connectivity index (χ4v) is 3.86. The highest BCUT2D eigenvalue weighted by atomic mass is 19.4. The van der Waals surface area contributed by atoms with E-state index in [-0.39, 0.29) is 5.69 Å². The fraction of sp³-hybridized carbons (Fsp3) is 0.455. The molecule has 0 fully saturated rings. The Morgan fingerprint density at radius 1 is 1.09 bits per heavy atom. The van der Waals surface area contributed by atoms with Crippen LogP contribution in [0.5, 0.6) is 11.5 Å². The zero-order valence-corrected chi connectivity index (χ0v) is 18.0. The molecule has 32 heavy (non-hydrogen) atoms. The lowest BCUT2D eigenvalue weighted by Gasteiger charge is -2.29. The predicted octanol–water partition coefficient (Wildman–Crippen LogP) is 4.88. The van der Waals surface area contributed by atoms with Crippen LogP contribution < -0.4 is 14.8 Å². The van der Waals surface area contributed by atoms with Crippen LogP contribution in [0.25, 0.3) is 0 Å². The summed E-state index contributed by atoms with van der Waals surface area (Å²) in [5, 5.41) is 13.8. The van der Waals surface area contributed by atoms with Crippen LogP contribution in [-0.2, 0) is 19.1 Å². The van der Waals surface area contributed by atoms with Crippen LogP contribution in [0.15, 0.2) is 30.3 Å². The molecule has 0 bridgehead atoms. The Bertz CT molecular complexity index is 966. The fourth-order valence-electron chi connectivity index (χ4n) is 3.86. The Labute approximate surface area is 184 Å². The van der Waals surface area contributed by atoms with Gasteiger partial charge in [0.05, 0.1) is 19.1 Å². The number of nitrogens with one attached hydrogen (secondary N) is 1. The number of benzene rings is 2. The molecular formula is C22H26F3N3O4. The number of nitrogens with zero attached hydrogens (tertiary/aromatic N) is 2. The van der Waals surface area contributed by atoms with Crippen LogP contribution in [-0.4, -0.2) is 43.7 Å². The molecule has 1 aliphatic rings. The topological polar surface area (TPSA) is 76.9 Å². The van der Waals surface area contributed by atoms with Crippen molar-refractivity contribution in [2.24, 2.45) is 0 Å². The summed E-state index contributed by atoms with van der Waals surface area (Å²) in [6.45, 7) is 3.07. The molecule has 0 aliphatic carbocycles. The molecule has 174 valence electrons. The predicted molar refractivity (Wildman–Crippen MR) is 114 cm³/mol. The van der Waals surface area contributed by atoms with Crippen molar-refractivity contribution in [1.29, 1.82) is 0 Å². The first-order chi connectivity index (χ1) is 15.2. The first-order valence-corrected chi connectivity index (χ1v) is 10.3. The molecule has 0 amide bonds. The summed E-state index contributed by atoms with van der Waals surface area (Å²) >= 11 is 0. The highest BCUT2D eigenvalue weighted by Crippen LogP contribution is 2.37. The number of methoxy groups -OCH3 is 2. The average molecular weight is 453 g/mol. The van der Waals surface area contributed by atoms with Crippen molar-refractivity contribution in [2.45, 2.75) is 32.0 Å². The third kappa shape index (κ3) is 5.61. The highest BCUT2D eigenvalue weighted by molar-refractivity contribution is 5.55. The largest absolute Gasteiger partial charge is 0.493 e. The standard InChI is InChI=1S/C22H26F3N3O4/c1-31-20-11-15-7-10-27(14-16(15)12-21(20)32-2)9-4-3-8-26-17-5-6-19(28(29)30)18(13-17)22(23,24)25/h5-6,11-13,26H,3-4,7-10,14H2,1-2H3. The van der Waals surface area contributed by atoms with Crippen molar-refractivity contribution < 1.29 is 27.6 Å². The number of fused-ring (bicyclic) bond motifs is 1. The number of nitro benzene ring substituents is 1. The molecule has 10 heteroatoms. The van der Waals surface area contributed by atoms with Crippen molar-refractivity contribution in [1.82, 2.24) is 4.90 Å². The third-order valence-electron chi connectivity index (χ3n) is 5.53. The van der Waals surface area contributed by atoms with Crippen LogP contribution in [0.2, 0.25) is 0 Å². The van der Waals surface area contributed by atoms with Crippen LogP contribution in [0, 0.1) is 10.1 Å². The van der Waals surface area contributed by atoms with E-state index in [4.69, 9.17) is 9.47 Å². The number of hydrogen-bond acceptors (Lipinski definition) is 6. The van der Waals surface area contributed by atoms with Gasteiger partial charge in [0.25, 0.3) is 5.69 Å². The quantitative estimate of drug-likeness (QED) is 0.331. The van der Waals surface area contributed by atoms with Gasteiger partial charge in [-0.2, -0.15) is 13.2 Å². The molecule has 2 aromatic rings. The second kappa shape index (κ2) is 10.1. The summed E-state index contributed by atoms with van der Waals surface area (Å²) in [4.78, 5) is 12.2. The Balaban J connectivity index is 1.49. The van der Waals surface area contributed by atoms with Crippen LogP contribution in [0.3, 0.4) is 0 Å². The van der Waals surface area contributed by atoms with Gasteiger partial charge in [0.1, 0.15) is 5.56 Å². The molecule has 0 unspecified atom stereocenters. The van der Waals surface area contributed by atoms with E-state index in [9.17, 15) is 23.3 Å². The van der Waals surface area contributed by atoms with Gasteiger partial charge in [0.15, 0.2) is 11.5 Å². The molecule has 0 saturated carbocycles. The summed E-state index contributed by atoms with van der Waals surface area (Å²) in [6, 6.07) is 7.01. The number of halogens is 3. The number of unbranched alkanes of at least 4 members (excludes halogenated alkanes) is 1. The van der Waals surface area contributed by atoms with E-state index in [2.05, 4.69) is 10.2 Å². The van der Waals surface area contributed by atoms with Gasteiger partial charge in [0.2, 0.25) is 0 Å². The molecule has 2 aromatic carbocycles. The van der Waals surface area contributed by atoms with Crippen LogP contribution >= 0.6 is 0 Å². The second-order valence-electron chi connectivity index (χ2n) is 7.62. The summed E-state index contributed by atoms with van der Waals surface area (Å²) in [7, 11) is 3.23. The number of anilines is 1. The number of alkyl halides is 3. The van der Waals surface area contributed by atoms with Gasteiger partial charge in [-0.15, -0.1) is 0 Å².